The van der Waals surface area contributed by atoms with Crippen molar-refractivity contribution in [1.82, 2.24) is 0 Å². The number of hydrogen-bond acceptors (Lipinski definition) is 3. The highest BCUT2D eigenvalue weighted by atomic mass is 16.5. The van der Waals surface area contributed by atoms with Crippen molar-refractivity contribution in [2.75, 3.05) is 7.11 Å². The van der Waals surface area contributed by atoms with Crippen LogP contribution in [0.5, 0.6) is 0 Å². The number of ether oxygens (including phenoxy) is 1. The van der Waals surface area contributed by atoms with Crippen LogP contribution in [0.25, 0.3) is 0 Å². The van der Waals surface area contributed by atoms with Crippen molar-refractivity contribution in [3.63, 3.8) is 0 Å². The molecule has 0 aliphatic carbocycles. The molecule has 0 fully saturated rings. The normalized spacial score (nSPS) is 11.6. The average molecular weight is 269 g/mol. The smallest absolute Gasteiger partial charge is 0.334 e. The van der Waals surface area contributed by atoms with E-state index in [0.29, 0.717) is 5.92 Å². The van der Waals surface area contributed by atoms with Crippen LogP contribution in [0, 0.1) is 11.3 Å². The summed E-state index contributed by atoms with van der Waals surface area (Å²) < 4.78 is 4.68. The number of methoxy groups -OCH3 is 1. The third-order valence-electron chi connectivity index (χ3n) is 3.22. The summed E-state index contributed by atoms with van der Waals surface area (Å²) in [4.78, 5) is 11.6. The molecule has 1 rings (SSSR count). The number of carbonyl (C=O) groups is 1. The van der Waals surface area contributed by atoms with E-state index in [4.69, 9.17) is 5.26 Å². The van der Waals surface area contributed by atoms with Gasteiger partial charge < -0.3 is 4.74 Å². The minimum atomic E-state index is -0.534. The molecule has 0 heterocycles. The van der Waals surface area contributed by atoms with Crippen LogP contribution in [-0.4, -0.2) is 13.1 Å². The minimum absolute atomic E-state index is 0.219. The second-order valence-corrected chi connectivity index (χ2v) is 4.91. The van der Waals surface area contributed by atoms with Gasteiger partial charge in [0, 0.05) is 17.1 Å². The van der Waals surface area contributed by atoms with E-state index in [9.17, 15) is 4.79 Å². The van der Waals surface area contributed by atoms with E-state index in [1.54, 1.807) is 0 Å². The minimum Gasteiger partial charge on any atom is -0.466 e. The van der Waals surface area contributed by atoms with Crippen LogP contribution in [0.1, 0.15) is 36.8 Å². The zero-order valence-electron chi connectivity index (χ0n) is 12.1. The summed E-state index contributed by atoms with van der Waals surface area (Å²) in [6, 6.07) is 9.77. The lowest BCUT2D eigenvalue weighted by Gasteiger charge is -2.18. The van der Waals surface area contributed by atoms with Gasteiger partial charge in [-0.2, -0.15) is 5.26 Å². The van der Waals surface area contributed by atoms with Crippen molar-refractivity contribution in [3.8, 4) is 6.07 Å². The summed E-state index contributed by atoms with van der Waals surface area (Å²) in [5, 5.41) is 9.07. The molecule has 0 aliphatic heterocycles. The predicted molar refractivity (Wildman–Crippen MR) is 79.2 cm³/mol. The SMILES string of the molecule is C=C(C#N)C(C(=C)C(=O)OC)c1ccc(C(C)C)cc1. The fraction of sp³-hybridized carbons (Fsp3) is 0.294. The van der Waals surface area contributed by atoms with Crippen molar-refractivity contribution < 1.29 is 9.53 Å². The van der Waals surface area contributed by atoms with Gasteiger partial charge in [-0.3, -0.25) is 0 Å². The van der Waals surface area contributed by atoms with Crippen LogP contribution in [0.2, 0.25) is 0 Å². The number of carbonyl (C=O) groups excluding carboxylic acids is 1. The number of nitriles is 1. The number of benzene rings is 1. The molecule has 1 unspecified atom stereocenters. The number of nitrogens with zero attached hydrogens (tertiary/aromatic N) is 1. The van der Waals surface area contributed by atoms with Crippen molar-refractivity contribution in [1.29, 1.82) is 5.26 Å². The monoisotopic (exact) mass is 269 g/mol. The highest BCUT2D eigenvalue weighted by Crippen LogP contribution is 2.31. The van der Waals surface area contributed by atoms with Gasteiger partial charge in [0.1, 0.15) is 0 Å². The maximum Gasteiger partial charge on any atom is 0.334 e. The van der Waals surface area contributed by atoms with Gasteiger partial charge in [-0.15, -0.1) is 0 Å². The van der Waals surface area contributed by atoms with Crippen molar-refractivity contribution in [3.05, 3.63) is 59.7 Å². The van der Waals surface area contributed by atoms with Crippen LogP contribution >= 0.6 is 0 Å². The highest BCUT2D eigenvalue weighted by Gasteiger charge is 2.24. The van der Waals surface area contributed by atoms with E-state index < -0.39 is 11.9 Å². The second kappa shape index (κ2) is 6.72. The quantitative estimate of drug-likeness (QED) is 0.465. The molecule has 0 spiro atoms. The lowest BCUT2D eigenvalue weighted by molar-refractivity contribution is -0.136. The van der Waals surface area contributed by atoms with Gasteiger partial charge in [0.15, 0.2) is 0 Å². The average Bonchev–Trinajstić information content (AvgIpc) is 2.46. The van der Waals surface area contributed by atoms with Gasteiger partial charge in [-0.1, -0.05) is 51.3 Å². The van der Waals surface area contributed by atoms with E-state index in [2.05, 4.69) is 31.7 Å². The van der Waals surface area contributed by atoms with E-state index in [-0.39, 0.29) is 11.1 Å². The summed E-state index contributed by atoms with van der Waals surface area (Å²) in [7, 11) is 1.29. The molecule has 0 saturated heterocycles. The third-order valence-corrected chi connectivity index (χ3v) is 3.22. The highest BCUT2D eigenvalue weighted by molar-refractivity contribution is 5.90. The lowest BCUT2D eigenvalue weighted by Crippen LogP contribution is -2.13. The largest absolute Gasteiger partial charge is 0.466 e. The zero-order chi connectivity index (χ0) is 15.3. The Morgan fingerprint density at radius 1 is 1.20 bits per heavy atom. The second-order valence-electron chi connectivity index (χ2n) is 4.91. The van der Waals surface area contributed by atoms with E-state index in [1.807, 2.05) is 30.3 Å². The summed E-state index contributed by atoms with van der Waals surface area (Å²) in [5.74, 6) is -0.640. The molecule has 0 aliphatic rings. The first kappa shape index (κ1) is 15.7. The molecule has 104 valence electrons. The molecule has 0 bridgehead atoms. The fourth-order valence-electron chi connectivity index (χ4n) is 2.00. The van der Waals surface area contributed by atoms with Gasteiger partial charge >= 0.3 is 5.97 Å². The van der Waals surface area contributed by atoms with Gasteiger partial charge in [0.2, 0.25) is 0 Å². The lowest BCUT2D eigenvalue weighted by atomic mass is 9.85. The Hall–Kier alpha value is -2.34. The van der Waals surface area contributed by atoms with Crippen LogP contribution in [0.15, 0.2) is 48.6 Å². The molecule has 1 atom stereocenters. The van der Waals surface area contributed by atoms with Crippen molar-refractivity contribution >= 4 is 5.97 Å². The predicted octanol–water partition coefficient (Wildman–Crippen LogP) is 3.70. The number of esters is 1. The van der Waals surface area contributed by atoms with Crippen LogP contribution in [-0.2, 0) is 9.53 Å². The van der Waals surface area contributed by atoms with E-state index in [1.165, 1.54) is 12.7 Å². The summed E-state index contributed by atoms with van der Waals surface area (Å²) in [5.41, 5.74) is 2.50. The standard InChI is InChI=1S/C17H19NO2/c1-11(2)14-6-8-15(9-7-14)16(12(3)10-18)13(4)17(19)20-5/h6-9,11,16H,3-4H2,1-2,5H3. The molecule has 0 amide bonds. The maximum absolute atomic E-state index is 11.6. The number of allylic oxidation sites excluding steroid dienone is 1. The topological polar surface area (TPSA) is 50.1 Å². The molecule has 3 heteroatoms. The van der Waals surface area contributed by atoms with Gasteiger partial charge in [-0.05, 0) is 17.0 Å². The van der Waals surface area contributed by atoms with Crippen LogP contribution < -0.4 is 0 Å². The van der Waals surface area contributed by atoms with Crippen LogP contribution in [0.4, 0.5) is 0 Å². The summed E-state index contributed by atoms with van der Waals surface area (Å²) in [6.07, 6.45) is 0. The van der Waals surface area contributed by atoms with Crippen molar-refractivity contribution in [2.45, 2.75) is 25.7 Å². The molecule has 0 saturated carbocycles. The first-order chi connectivity index (χ1) is 9.42. The molecule has 0 aromatic heterocycles. The first-order valence-electron chi connectivity index (χ1n) is 6.38. The first-order valence-corrected chi connectivity index (χ1v) is 6.38. The Morgan fingerprint density at radius 2 is 1.70 bits per heavy atom. The fourth-order valence-corrected chi connectivity index (χ4v) is 2.00. The van der Waals surface area contributed by atoms with Crippen molar-refractivity contribution in [2.24, 2.45) is 0 Å². The van der Waals surface area contributed by atoms with Gasteiger partial charge in [-0.25, -0.2) is 4.79 Å². The molecular formula is C17H19NO2. The molecule has 1 aromatic carbocycles. The zero-order valence-corrected chi connectivity index (χ0v) is 12.1. The molecular weight excluding hydrogens is 250 g/mol. The molecule has 0 radical (unpaired) electrons. The number of rotatable bonds is 5. The summed E-state index contributed by atoms with van der Waals surface area (Å²) in [6.45, 7) is 11.7. The Bertz CT molecular complexity index is 562. The summed E-state index contributed by atoms with van der Waals surface area (Å²) >= 11 is 0. The Kier molecular flexibility index (Phi) is 5.28. The van der Waals surface area contributed by atoms with E-state index in [0.717, 1.165) is 5.56 Å². The molecule has 0 N–H and O–H groups in total. The molecule has 20 heavy (non-hydrogen) atoms. The van der Waals surface area contributed by atoms with Gasteiger partial charge in [0.25, 0.3) is 0 Å². The Labute approximate surface area is 120 Å². The molecule has 1 aromatic rings. The molecule has 3 nitrogen and oxygen atoms in total. The van der Waals surface area contributed by atoms with Crippen LogP contribution in [0.3, 0.4) is 0 Å². The maximum atomic E-state index is 11.6. The Morgan fingerprint density at radius 3 is 2.10 bits per heavy atom. The van der Waals surface area contributed by atoms with Gasteiger partial charge in [0.05, 0.1) is 13.2 Å². The number of hydrogen-bond donors (Lipinski definition) is 0. The Balaban J connectivity index is 3.18. The third kappa shape index (κ3) is 3.36. The van der Waals surface area contributed by atoms with E-state index >= 15 is 0 Å².